The van der Waals surface area contributed by atoms with Gasteiger partial charge in [0.1, 0.15) is 0 Å². The van der Waals surface area contributed by atoms with Crippen molar-refractivity contribution in [1.29, 1.82) is 0 Å². The Morgan fingerprint density at radius 1 is 1.37 bits per heavy atom. The zero-order valence-electron chi connectivity index (χ0n) is 12.9. The first-order valence-electron chi connectivity index (χ1n) is 7.06. The van der Waals surface area contributed by atoms with Crippen molar-refractivity contribution in [3.05, 3.63) is 11.1 Å². The molecule has 2 heterocycles. The van der Waals surface area contributed by atoms with E-state index in [1.54, 1.807) is 0 Å². The number of hydrogen-bond donors (Lipinski definition) is 1. The molecule has 0 amide bonds. The molecule has 0 aromatic heterocycles. The van der Waals surface area contributed by atoms with Crippen LogP contribution in [0.4, 0.5) is 0 Å². The molecular weight excluding hydrogens is 254 g/mol. The van der Waals surface area contributed by atoms with Gasteiger partial charge in [0.2, 0.25) is 0 Å². The molecule has 0 aliphatic carbocycles. The molecule has 2 rings (SSSR count). The lowest BCUT2D eigenvalue weighted by atomic mass is 9.74. The molecule has 1 N–H and O–H groups in total. The summed E-state index contributed by atoms with van der Waals surface area (Å²) in [5, 5.41) is 3.38. The molecule has 108 valence electrons. The fraction of sp³-hybridized carbons (Fsp3) is 0.800. The van der Waals surface area contributed by atoms with E-state index in [0.29, 0.717) is 5.41 Å². The van der Waals surface area contributed by atoms with Crippen LogP contribution in [0.5, 0.6) is 0 Å². The Kier molecular flexibility index (Phi) is 4.43. The van der Waals surface area contributed by atoms with E-state index in [0.717, 1.165) is 6.54 Å². The molecule has 1 spiro atoms. The van der Waals surface area contributed by atoms with Crippen LogP contribution in [0, 0.1) is 10.8 Å². The molecule has 0 saturated carbocycles. The summed E-state index contributed by atoms with van der Waals surface area (Å²) in [6.45, 7) is 14.7. The lowest BCUT2D eigenvalue weighted by Gasteiger charge is -2.56. The number of nitrogens with zero attached hydrogens (tertiary/aromatic N) is 2. The monoisotopic (exact) mass is 281 g/mol. The van der Waals surface area contributed by atoms with Crippen LogP contribution in [0.1, 0.15) is 27.7 Å². The van der Waals surface area contributed by atoms with Gasteiger partial charge in [-0.05, 0) is 18.6 Å². The van der Waals surface area contributed by atoms with Gasteiger partial charge in [-0.15, -0.1) is 11.8 Å². The van der Waals surface area contributed by atoms with Gasteiger partial charge in [-0.1, -0.05) is 20.8 Å². The smallest absolute Gasteiger partial charge is 0.0375 e. The quantitative estimate of drug-likeness (QED) is 0.803. The number of likely N-dealkylation sites (tertiary alicyclic amines) is 1. The van der Waals surface area contributed by atoms with E-state index < -0.39 is 0 Å². The zero-order valence-corrected chi connectivity index (χ0v) is 13.7. The molecule has 2 saturated heterocycles. The van der Waals surface area contributed by atoms with E-state index in [2.05, 4.69) is 55.4 Å². The highest BCUT2D eigenvalue weighted by Crippen LogP contribution is 2.35. The first kappa shape index (κ1) is 15.1. The highest BCUT2D eigenvalue weighted by atomic mass is 32.2. The van der Waals surface area contributed by atoms with Crippen molar-refractivity contribution < 1.29 is 0 Å². The Morgan fingerprint density at radius 3 is 2.42 bits per heavy atom. The van der Waals surface area contributed by atoms with Crippen LogP contribution in [0.2, 0.25) is 0 Å². The molecule has 0 bridgehead atoms. The minimum atomic E-state index is 0.165. The highest BCUT2D eigenvalue weighted by molar-refractivity contribution is 8.02. The first-order chi connectivity index (χ1) is 8.85. The Morgan fingerprint density at radius 2 is 2.00 bits per heavy atom. The summed E-state index contributed by atoms with van der Waals surface area (Å²) in [4.78, 5) is 8.54. The van der Waals surface area contributed by atoms with Crippen LogP contribution in [0.3, 0.4) is 0 Å². The number of nitrogens with one attached hydrogen (secondary N) is 1. The van der Waals surface area contributed by atoms with E-state index in [9.17, 15) is 0 Å². The predicted molar refractivity (Wildman–Crippen MR) is 85.9 cm³/mol. The summed E-state index contributed by atoms with van der Waals surface area (Å²) in [6, 6.07) is 0. The predicted octanol–water partition coefficient (Wildman–Crippen LogP) is 2.60. The zero-order chi connectivity index (χ0) is 14.1. The Balaban J connectivity index is 1.86. The number of rotatable bonds is 4. The molecule has 0 unspecified atom stereocenters. The van der Waals surface area contributed by atoms with Gasteiger partial charge in [-0.25, -0.2) is 0 Å². The third-order valence-corrected chi connectivity index (χ3v) is 5.01. The van der Waals surface area contributed by atoms with Crippen LogP contribution < -0.4 is 5.32 Å². The van der Waals surface area contributed by atoms with Gasteiger partial charge < -0.3 is 5.32 Å². The van der Waals surface area contributed by atoms with Gasteiger partial charge in [0.25, 0.3) is 0 Å². The minimum absolute atomic E-state index is 0.165. The maximum absolute atomic E-state index is 4.64. The molecule has 2 aliphatic rings. The number of thioether (sulfide) groups is 1. The normalized spacial score (nSPS) is 24.3. The highest BCUT2D eigenvalue weighted by Gasteiger charge is 2.47. The fourth-order valence-corrected chi connectivity index (χ4v) is 2.93. The van der Waals surface area contributed by atoms with E-state index >= 15 is 0 Å². The van der Waals surface area contributed by atoms with E-state index in [1.165, 1.54) is 36.8 Å². The van der Waals surface area contributed by atoms with E-state index in [1.807, 2.05) is 11.8 Å². The van der Waals surface area contributed by atoms with Crippen molar-refractivity contribution in [2.75, 3.05) is 39.0 Å². The molecule has 2 fully saturated rings. The van der Waals surface area contributed by atoms with Crippen LogP contribution in [0.25, 0.3) is 0 Å². The van der Waals surface area contributed by atoms with Crippen molar-refractivity contribution in [2.45, 2.75) is 27.7 Å². The average Bonchev–Trinajstić information content (AvgIpc) is 2.22. The van der Waals surface area contributed by atoms with Crippen molar-refractivity contribution in [1.82, 2.24) is 10.2 Å². The van der Waals surface area contributed by atoms with Crippen molar-refractivity contribution in [3.63, 3.8) is 0 Å². The van der Waals surface area contributed by atoms with E-state index in [-0.39, 0.29) is 5.41 Å². The first-order valence-corrected chi connectivity index (χ1v) is 8.28. The van der Waals surface area contributed by atoms with Gasteiger partial charge >= 0.3 is 0 Å². The summed E-state index contributed by atoms with van der Waals surface area (Å²) in [6.07, 6.45) is 4.21. The lowest BCUT2D eigenvalue weighted by Crippen LogP contribution is -2.71. The molecule has 0 aromatic carbocycles. The van der Waals surface area contributed by atoms with Crippen LogP contribution >= 0.6 is 11.8 Å². The average molecular weight is 281 g/mol. The number of aliphatic imine (C=N–C) groups is 1. The Hall–Kier alpha value is -0.320. The summed E-state index contributed by atoms with van der Waals surface area (Å²) in [7, 11) is 0. The lowest BCUT2D eigenvalue weighted by molar-refractivity contribution is -0.0322. The second kappa shape index (κ2) is 5.58. The van der Waals surface area contributed by atoms with E-state index in [4.69, 9.17) is 0 Å². The Labute approximate surface area is 121 Å². The van der Waals surface area contributed by atoms with Gasteiger partial charge in [0.15, 0.2) is 0 Å². The van der Waals surface area contributed by atoms with Crippen LogP contribution in [-0.2, 0) is 0 Å². The number of hydrogen-bond acceptors (Lipinski definition) is 4. The maximum Gasteiger partial charge on any atom is 0.0375 e. The second-order valence-electron chi connectivity index (χ2n) is 7.01. The molecule has 3 nitrogen and oxygen atoms in total. The van der Waals surface area contributed by atoms with Crippen LogP contribution in [0.15, 0.2) is 16.1 Å². The molecule has 0 atom stereocenters. The molecule has 4 heteroatoms. The summed E-state index contributed by atoms with van der Waals surface area (Å²) < 4.78 is 0. The minimum Gasteiger partial charge on any atom is -0.315 e. The summed E-state index contributed by atoms with van der Waals surface area (Å²) >= 11 is 1.82. The molecule has 0 radical (unpaired) electrons. The van der Waals surface area contributed by atoms with Gasteiger partial charge in [-0.3, -0.25) is 9.89 Å². The van der Waals surface area contributed by atoms with Crippen LogP contribution in [-0.4, -0.2) is 49.6 Å². The van der Waals surface area contributed by atoms with Gasteiger partial charge in [0.05, 0.1) is 0 Å². The molecule has 19 heavy (non-hydrogen) atoms. The third kappa shape index (κ3) is 3.61. The maximum atomic E-state index is 4.64. The SMILES string of the molecule is CS/C(=C\N=C(C)C(C)(C)C)CN1CC2(CNC2)C1. The molecule has 0 aromatic rings. The molecular formula is C15H27N3S. The standard InChI is InChI=1S/C15H27N3S/c1-12(14(2,3)4)17-6-13(19-5)7-18-10-15(11-18)8-16-9-15/h6,16H,7-11H2,1-5H3/b13-6-,17-12?. The fourth-order valence-electron chi connectivity index (χ4n) is 2.46. The van der Waals surface area contributed by atoms with Gasteiger partial charge in [-0.2, -0.15) is 0 Å². The third-order valence-electron chi connectivity index (χ3n) is 4.25. The van der Waals surface area contributed by atoms with Crippen molar-refractivity contribution >= 4 is 17.5 Å². The summed E-state index contributed by atoms with van der Waals surface area (Å²) in [5.74, 6) is 0. The largest absolute Gasteiger partial charge is 0.315 e. The summed E-state index contributed by atoms with van der Waals surface area (Å²) in [5.41, 5.74) is 1.98. The van der Waals surface area contributed by atoms with Crippen molar-refractivity contribution in [2.24, 2.45) is 15.8 Å². The topological polar surface area (TPSA) is 27.6 Å². The molecule has 2 aliphatic heterocycles. The second-order valence-corrected chi connectivity index (χ2v) is 7.95. The Bertz CT molecular complexity index is 381. The van der Waals surface area contributed by atoms with Gasteiger partial charge in [0, 0.05) is 55.0 Å². The van der Waals surface area contributed by atoms with Crippen molar-refractivity contribution in [3.8, 4) is 0 Å².